The highest BCUT2D eigenvalue weighted by Crippen LogP contribution is 2.31. The Bertz CT molecular complexity index is 667. The Kier molecular flexibility index (Phi) is 5.27. The summed E-state index contributed by atoms with van der Waals surface area (Å²) in [7, 11) is 0. The third kappa shape index (κ3) is 3.78. The van der Waals surface area contributed by atoms with Gasteiger partial charge in [-0.3, -0.25) is 0 Å². The van der Waals surface area contributed by atoms with Crippen LogP contribution in [0.3, 0.4) is 0 Å². The molecule has 0 atom stereocenters. The Morgan fingerprint density at radius 3 is 3.00 bits per heavy atom. The van der Waals surface area contributed by atoms with Crippen LogP contribution in [0.4, 0.5) is 4.39 Å². The summed E-state index contributed by atoms with van der Waals surface area (Å²) >= 11 is 3.33. The number of aromatic nitrogens is 1. The van der Waals surface area contributed by atoms with Crippen LogP contribution < -0.4 is 5.32 Å². The molecule has 0 aliphatic carbocycles. The predicted molar refractivity (Wildman–Crippen MR) is 83.8 cm³/mol. The Labute approximate surface area is 130 Å². The summed E-state index contributed by atoms with van der Waals surface area (Å²) in [4.78, 5) is 0. The first-order valence-electron chi connectivity index (χ1n) is 6.47. The molecule has 21 heavy (non-hydrogen) atoms. The zero-order valence-corrected chi connectivity index (χ0v) is 13.1. The number of nitrogens with one attached hydrogen (secondary N) is 2. The molecule has 4 nitrogen and oxygen atoms in total. The summed E-state index contributed by atoms with van der Waals surface area (Å²) < 4.78 is 18.8. The van der Waals surface area contributed by atoms with Crippen molar-refractivity contribution < 1.29 is 8.91 Å². The van der Waals surface area contributed by atoms with E-state index < -0.39 is 0 Å². The Morgan fingerprint density at radius 1 is 1.52 bits per heavy atom. The highest BCUT2D eigenvalue weighted by molar-refractivity contribution is 9.10. The summed E-state index contributed by atoms with van der Waals surface area (Å²) in [5, 5.41) is 14.5. The fraction of sp³-hybridized carbons (Fsp3) is 0.200. The lowest BCUT2D eigenvalue weighted by Gasteiger charge is -2.05. The van der Waals surface area contributed by atoms with E-state index in [0.717, 1.165) is 23.2 Å². The highest BCUT2D eigenvalue weighted by Gasteiger charge is 2.14. The fourth-order valence-electron chi connectivity index (χ4n) is 1.88. The minimum atomic E-state index is -0.317. The van der Waals surface area contributed by atoms with Crippen LogP contribution in [0, 0.1) is 11.2 Å². The smallest absolute Gasteiger partial charge is 0.127 e. The van der Waals surface area contributed by atoms with Crippen LogP contribution in [-0.4, -0.2) is 17.9 Å². The van der Waals surface area contributed by atoms with Gasteiger partial charge in [0.25, 0.3) is 0 Å². The van der Waals surface area contributed by atoms with E-state index in [0.29, 0.717) is 16.6 Å². The molecule has 1 aromatic carbocycles. The van der Waals surface area contributed by atoms with Crippen molar-refractivity contribution >= 4 is 22.1 Å². The summed E-state index contributed by atoms with van der Waals surface area (Å²) in [6.45, 7) is 2.77. The molecular formula is C15H15BrFN3O. The monoisotopic (exact) mass is 351 g/mol. The zero-order chi connectivity index (χ0) is 15.2. The van der Waals surface area contributed by atoms with Crippen LogP contribution in [0.1, 0.15) is 12.5 Å². The molecule has 2 N–H and O–H groups in total. The van der Waals surface area contributed by atoms with Crippen molar-refractivity contribution in [3.05, 3.63) is 52.1 Å². The van der Waals surface area contributed by atoms with E-state index in [2.05, 4.69) is 26.4 Å². The molecule has 0 unspecified atom stereocenters. The van der Waals surface area contributed by atoms with Gasteiger partial charge in [0.05, 0.1) is 0 Å². The zero-order valence-electron chi connectivity index (χ0n) is 11.5. The van der Waals surface area contributed by atoms with E-state index in [1.807, 2.05) is 6.92 Å². The fourth-order valence-corrected chi connectivity index (χ4v) is 2.42. The van der Waals surface area contributed by atoms with Gasteiger partial charge in [0.1, 0.15) is 17.8 Å². The van der Waals surface area contributed by atoms with Crippen LogP contribution in [0.5, 0.6) is 0 Å². The minimum Gasteiger partial charge on any atom is -0.391 e. The molecule has 0 bridgehead atoms. The lowest BCUT2D eigenvalue weighted by atomic mass is 10.0. The molecule has 0 aliphatic heterocycles. The molecule has 2 aromatic rings. The predicted octanol–water partition coefficient (Wildman–Crippen LogP) is 3.93. The SMILES string of the molecule is CCN/C=C(\C=N)Cc1conc1-c1ccc(F)cc1Br. The molecule has 0 saturated carbocycles. The van der Waals surface area contributed by atoms with Gasteiger partial charge in [0.15, 0.2) is 0 Å². The maximum atomic E-state index is 13.2. The second-order valence-electron chi connectivity index (χ2n) is 4.41. The van der Waals surface area contributed by atoms with E-state index in [1.54, 1.807) is 18.5 Å². The van der Waals surface area contributed by atoms with Crippen molar-refractivity contribution in [3.63, 3.8) is 0 Å². The summed E-state index contributed by atoms with van der Waals surface area (Å²) in [5.41, 5.74) is 3.05. The Balaban J connectivity index is 2.32. The van der Waals surface area contributed by atoms with Gasteiger partial charge in [-0.25, -0.2) is 4.39 Å². The van der Waals surface area contributed by atoms with E-state index in [-0.39, 0.29) is 5.82 Å². The maximum Gasteiger partial charge on any atom is 0.127 e. The molecule has 6 heteroatoms. The van der Waals surface area contributed by atoms with Gasteiger partial charge >= 0.3 is 0 Å². The summed E-state index contributed by atoms with van der Waals surface area (Å²) in [5.74, 6) is -0.317. The number of hydrogen-bond acceptors (Lipinski definition) is 4. The lowest BCUT2D eigenvalue weighted by molar-refractivity contribution is 0.421. The molecule has 2 rings (SSSR count). The van der Waals surface area contributed by atoms with Crippen molar-refractivity contribution in [2.24, 2.45) is 0 Å². The first-order chi connectivity index (χ1) is 10.2. The van der Waals surface area contributed by atoms with Gasteiger partial charge in [-0.1, -0.05) is 5.16 Å². The standard InChI is InChI=1S/C15H15BrFN3O/c1-2-19-8-10(7-18)5-11-9-21-20-15(11)13-4-3-12(17)6-14(13)16/h3-4,6-9,18-19H,2,5H2,1H3/b10-8-,18-7?. The molecule has 0 spiro atoms. The Hall–Kier alpha value is -1.95. The minimum absolute atomic E-state index is 0.317. The summed E-state index contributed by atoms with van der Waals surface area (Å²) in [6.07, 6.45) is 5.15. The number of rotatable bonds is 6. The first-order valence-corrected chi connectivity index (χ1v) is 7.26. The molecule has 1 heterocycles. The first kappa shape index (κ1) is 15.4. The molecule has 0 aliphatic rings. The van der Waals surface area contributed by atoms with Gasteiger partial charge < -0.3 is 15.2 Å². The number of allylic oxidation sites excluding steroid dienone is 1. The second-order valence-corrected chi connectivity index (χ2v) is 5.26. The van der Waals surface area contributed by atoms with Gasteiger partial charge in [-0.05, 0) is 46.6 Å². The molecule has 110 valence electrons. The quantitative estimate of drug-likeness (QED) is 0.775. The van der Waals surface area contributed by atoms with Crippen molar-refractivity contribution in [1.82, 2.24) is 10.5 Å². The van der Waals surface area contributed by atoms with Crippen molar-refractivity contribution in [1.29, 1.82) is 5.41 Å². The molecular weight excluding hydrogens is 337 g/mol. The third-order valence-corrected chi connectivity index (χ3v) is 3.56. The molecule has 0 amide bonds. The van der Waals surface area contributed by atoms with E-state index in [4.69, 9.17) is 9.93 Å². The van der Waals surface area contributed by atoms with Crippen LogP contribution >= 0.6 is 15.9 Å². The average Bonchev–Trinajstić information content (AvgIpc) is 2.91. The topological polar surface area (TPSA) is 61.9 Å². The van der Waals surface area contributed by atoms with Crippen molar-refractivity contribution in [2.75, 3.05) is 6.54 Å². The number of benzene rings is 1. The van der Waals surface area contributed by atoms with Crippen LogP contribution in [0.2, 0.25) is 0 Å². The lowest BCUT2D eigenvalue weighted by Crippen LogP contribution is -2.06. The van der Waals surface area contributed by atoms with Gasteiger partial charge in [0.2, 0.25) is 0 Å². The molecule has 0 fully saturated rings. The van der Waals surface area contributed by atoms with Crippen LogP contribution in [-0.2, 0) is 6.42 Å². The number of nitrogens with zero attached hydrogens (tertiary/aromatic N) is 1. The molecule has 0 saturated heterocycles. The van der Waals surface area contributed by atoms with E-state index >= 15 is 0 Å². The average molecular weight is 352 g/mol. The van der Waals surface area contributed by atoms with Gasteiger partial charge in [0, 0.05) is 41.0 Å². The number of halogens is 2. The largest absolute Gasteiger partial charge is 0.391 e. The van der Waals surface area contributed by atoms with Gasteiger partial charge in [-0.15, -0.1) is 0 Å². The van der Waals surface area contributed by atoms with Crippen LogP contribution in [0.15, 0.2) is 45.2 Å². The maximum absolute atomic E-state index is 13.2. The second kappa shape index (κ2) is 7.17. The van der Waals surface area contributed by atoms with Crippen molar-refractivity contribution in [3.8, 4) is 11.3 Å². The van der Waals surface area contributed by atoms with Gasteiger partial charge in [-0.2, -0.15) is 0 Å². The summed E-state index contributed by atoms with van der Waals surface area (Å²) in [6, 6.07) is 4.42. The Morgan fingerprint density at radius 2 is 2.33 bits per heavy atom. The molecule has 0 radical (unpaired) electrons. The van der Waals surface area contributed by atoms with E-state index in [1.165, 1.54) is 18.3 Å². The van der Waals surface area contributed by atoms with E-state index in [9.17, 15) is 4.39 Å². The normalized spacial score (nSPS) is 11.5. The van der Waals surface area contributed by atoms with Crippen LogP contribution in [0.25, 0.3) is 11.3 Å². The molecule has 1 aromatic heterocycles. The number of hydrogen-bond donors (Lipinski definition) is 2. The van der Waals surface area contributed by atoms with Crippen molar-refractivity contribution in [2.45, 2.75) is 13.3 Å². The highest BCUT2D eigenvalue weighted by atomic mass is 79.9. The third-order valence-electron chi connectivity index (χ3n) is 2.90.